The number of carbonyl (C=O) groups is 1. The summed E-state index contributed by atoms with van der Waals surface area (Å²) >= 11 is 0. The molecular weight excluding hydrogens is 300 g/mol. The second-order valence-electron chi connectivity index (χ2n) is 7.86. The molecule has 1 aliphatic rings. The van der Waals surface area contributed by atoms with Crippen molar-refractivity contribution >= 4 is 5.97 Å². The Balaban J connectivity index is 1.91. The molecule has 3 heteroatoms. The minimum atomic E-state index is -0.815. The van der Waals surface area contributed by atoms with Gasteiger partial charge in [-0.15, -0.1) is 0 Å². The molecule has 0 unspecified atom stereocenters. The van der Waals surface area contributed by atoms with Gasteiger partial charge in [-0.05, 0) is 49.0 Å². The molecule has 134 valence electrons. The molecule has 0 heterocycles. The fourth-order valence-corrected chi connectivity index (χ4v) is 3.98. The number of carbonyl (C=O) groups excluding carboxylic acids is 1. The van der Waals surface area contributed by atoms with Crippen molar-refractivity contribution in [1.82, 2.24) is 0 Å². The fourth-order valence-electron chi connectivity index (χ4n) is 3.98. The van der Waals surface area contributed by atoms with E-state index in [2.05, 4.69) is 20.8 Å². The molecule has 0 radical (unpaired) electrons. The van der Waals surface area contributed by atoms with Crippen LogP contribution in [0.25, 0.3) is 0 Å². The van der Waals surface area contributed by atoms with Gasteiger partial charge in [0.2, 0.25) is 0 Å². The maximum atomic E-state index is 12.4. The Morgan fingerprint density at radius 2 is 1.88 bits per heavy atom. The Labute approximate surface area is 146 Å². The zero-order valence-corrected chi connectivity index (χ0v) is 15.4. The van der Waals surface area contributed by atoms with Crippen LogP contribution in [-0.4, -0.2) is 17.7 Å². The normalized spacial score (nSPS) is 26.8. The summed E-state index contributed by atoms with van der Waals surface area (Å²) in [5, 5.41) is 10.4. The van der Waals surface area contributed by atoms with Crippen LogP contribution in [0.1, 0.15) is 58.6 Å². The summed E-state index contributed by atoms with van der Waals surface area (Å²) in [6.07, 6.45) is 2.82. The van der Waals surface area contributed by atoms with E-state index in [1.54, 1.807) is 6.92 Å². The highest BCUT2D eigenvalue weighted by atomic mass is 16.5. The molecule has 0 amide bonds. The Morgan fingerprint density at radius 1 is 1.21 bits per heavy atom. The summed E-state index contributed by atoms with van der Waals surface area (Å²) in [5.74, 6) is 1.55. The van der Waals surface area contributed by atoms with Gasteiger partial charge in [0.25, 0.3) is 0 Å². The third-order valence-corrected chi connectivity index (χ3v) is 5.59. The van der Waals surface area contributed by atoms with Gasteiger partial charge >= 0.3 is 5.97 Å². The van der Waals surface area contributed by atoms with E-state index in [0.717, 1.165) is 12.0 Å². The van der Waals surface area contributed by atoms with E-state index in [1.807, 2.05) is 30.3 Å². The molecule has 0 spiro atoms. The standard InChI is InChI=1S/C21H32O3/c1-14(2)19-11-10-15(3)12-18(19)13-24-21(23)16(4)20(22)17-8-6-5-7-9-17/h5-9,14-16,18-20,22H,10-13H2,1-4H3/t15-,16+,18-,19+,20-/m1/s1. The van der Waals surface area contributed by atoms with E-state index < -0.39 is 12.0 Å². The second kappa shape index (κ2) is 8.66. The molecular formula is C21H32O3. The van der Waals surface area contributed by atoms with Crippen molar-refractivity contribution in [2.75, 3.05) is 6.61 Å². The number of hydrogen-bond donors (Lipinski definition) is 1. The fraction of sp³-hybridized carbons (Fsp3) is 0.667. The van der Waals surface area contributed by atoms with E-state index in [0.29, 0.717) is 30.3 Å². The van der Waals surface area contributed by atoms with E-state index in [1.165, 1.54) is 12.8 Å². The maximum Gasteiger partial charge on any atom is 0.311 e. The minimum absolute atomic E-state index is 0.299. The summed E-state index contributed by atoms with van der Waals surface area (Å²) in [6.45, 7) is 9.03. The molecule has 5 atom stereocenters. The number of hydrogen-bond acceptors (Lipinski definition) is 3. The molecule has 0 aromatic heterocycles. The topological polar surface area (TPSA) is 46.5 Å². The Morgan fingerprint density at radius 3 is 2.50 bits per heavy atom. The molecule has 1 fully saturated rings. The molecule has 24 heavy (non-hydrogen) atoms. The highest BCUT2D eigenvalue weighted by Gasteiger charge is 2.32. The lowest BCUT2D eigenvalue weighted by Gasteiger charge is -2.37. The minimum Gasteiger partial charge on any atom is -0.465 e. The molecule has 1 saturated carbocycles. The van der Waals surface area contributed by atoms with Crippen molar-refractivity contribution < 1.29 is 14.6 Å². The number of rotatable bonds is 6. The maximum absolute atomic E-state index is 12.4. The van der Waals surface area contributed by atoms with Gasteiger partial charge in [-0.2, -0.15) is 0 Å². The first-order chi connectivity index (χ1) is 11.4. The first kappa shape index (κ1) is 19.0. The largest absolute Gasteiger partial charge is 0.465 e. The van der Waals surface area contributed by atoms with Crippen LogP contribution >= 0.6 is 0 Å². The lowest BCUT2D eigenvalue weighted by atomic mass is 9.70. The Hall–Kier alpha value is -1.35. The molecule has 1 aliphatic carbocycles. The molecule has 0 aliphatic heterocycles. The van der Waals surface area contributed by atoms with Crippen LogP contribution in [-0.2, 0) is 9.53 Å². The molecule has 3 nitrogen and oxygen atoms in total. The summed E-state index contributed by atoms with van der Waals surface area (Å²) < 4.78 is 5.62. The summed E-state index contributed by atoms with van der Waals surface area (Å²) in [7, 11) is 0. The van der Waals surface area contributed by atoms with Crippen molar-refractivity contribution in [2.45, 2.75) is 53.1 Å². The highest BCUT2D eigenvalue weighted by molar-refractivity contribution is 5.73. The van der Waals surface area contributed by atoms with Gasteiger partial charge in [-0.1, -0.05) is 57.5 Å². The van der Waals surface area contributed by atoms with E-state index >= 15 is 0 Å². The highest BCUT2D eigenvalue weighted by Crippen LogP contribution is 2.38. The predicted molar refractivity (Wildman–Crippen MR) is 96.4 cm³/mol. The van der Waals surface area contributed by atoms with Gasteiger partial charge in [-0.3, -0.25) is 4.79 Å². The second-order valence-corrected chi connectivity index (χ2v) is 7.86. The number of aliphatic hydroxyl groups excluding tert-OH is 1. The van der Waals surface area contributed by atoms with E-state index in [9.17, 15) is 9.90 Å². The van der Waals surface area contributed by atoms with E-state index in [-0.39, 0.29) is 5.97 Å². The van der Waals surface area contributed by atoms with Crippen LogP contribution in [0.5, 0.6) is 0 Å². The summed E-state index contributed by atoms with van der Waals surface area (Å²) in [5.41, 5.74) is 0.758. The third kappa shape index (κ3) is 4.83. The third-order valence-electron chi connectivity index (χ3n) is 5.59. The lowest BCUT2D eigenvalue weighted by molar-refractivity contribution is -0.154. The van der Waals surface area contributed by atoms with Crippen LogP contribution in [0.15, 0.2) is 30.3 Å². The predicted octanol–water partition coefficient (Wildman–Crippen LogP) is 4.61. The zero-order chi connectivity index (χ0) is 17.7. The van der Waals surface area contributed by atoms with Crippen LogP contribution in [0.2, 0.25) is 0 Å². The van der Waals surface area contributed by atoms with Crippen LogP contribution < -0.4 is 0 Å². The van der Waals surface area contributed by atoms with Gasteiger partial charge in [0.05, 0.1) is 18.6 Å². The quantitative estimate of drug-likeness (QED) is 0.774. The van der Waals surface area contributed by atoms with Crippen molar-refractivity contribution in [2.24, 2.45) is 29.6 Å². The zero-order valence-electron chi connectivity index (χ0n) is 15.4. The van der Waals surface area contributed by atoms with Crippen molar-refractivity contribution in [3.63, 3.8) is 0 Å². The van der Waals surface area contributed by atoms with Crippen LogP contribution in [0.3, 0.4) is 0 Å². The van der Waals surface area contributed by atoms with Crippen molar-refractivity contribution in [3.8, 4) is 0 Å². The first-order valence-corrected chi connectivity index (χ1v) is 9.29. The summed E-state index contributed by atoms with van der Waals surface area (Å²) in [4.78, 5) is 12.4. The van der Waals surface area contributed by atoms with Crippen molar-refractivity contribution in [1.29, 1.82) is 0 Å². The number of aliphatic hydroxyl groups is 1. The first-order valence-electron chi connectivity index (χ1n) is 9.29. The number of benzene rings is 1. The average Bonchev–Trinajstić information content (AvgIpc) is 2.58. The smallest absolute Gasteiger partial charge is 0.311 e. The molecule has 0 saturated heterocycles. The lowest BCUT2D eigenvalue weighted by Crippen LogP contribution is -2.33. The monoisotopic (exact) mass is 332 g/mol. The Kier molecular flexibility index (Phi) is 6.85. The number of esters is 1. The van der Waals surface area contributed by atoms with Crippen molar-refractivity contribution in [3.05, 3.63) is 35.9 Å². The van der Waals surface area contributed by atoms with Gasteiger partial charge in [-0.25, -0.2) is 0 Å². The van der Waals surface area contributed by atoms with Crippen LogP contribution in [0.4, 0.5) is 0 Å². The van der Waals surface area contributed by atoms with Gasteiger partial charge in [0, 0.05) is 0 Å². The van der Waals surface area contributed by atoms with Gasteiger partial charge in [0.1, 0.15) is 0 Å². The summed E-state index contributed by atoms with van der Waals surface area (Å²) in [6, 6.07) is 9.31. The SMILES string of the molecule is CC(C)[C@@H]1CC[C@@H](C)C[C@@H]1COC(=O)[C@@H](C)[C@@H](O)c1ccccc1. The Bertz CT molecular complexity index is 511. The van der Waals surface area contributed by atoms with Crippen LogP contribution in [0, 0.1) is 29.6 Å². The van der Waals surface area contributed by atoms with Gasteiger partial charge in [0.15, 0.2) is 0 Å². The molecule has 2 rings (SSSR count). The molecule has 0 bridgehead atoms. The molecule has 1 aromatic rings. The molecule has 1 aromatic carbocycles. The molecule has 1 N–H and O–H groups in total. The van der Waals surface area contributed by atoms with E-state index in [4.69, 9.17) is 4.74 Å². The average molecular weight is 332 g/mol. The van der Waals surface area contributed by atoms with Gasteiger partial charge < -0.3 is 9.84 Å². The number of ether oxygens (including phenoxy) is 1.